The van der Waals surface area contributed by atoms with E-state index in [1.165, 1.54) is 4.88 Å². The third-order valence-electron chi connectivity index (χ3n) is 3.50. The Morgan fingerprint density at radius 3 is 3.10 bits per heavy atom. The third-order valence-corrected chi connectivity index (χ3v) is 4.68. The molecular weight excluding hydrogens is 274 g/mol. The average Bonchev–Trinajstić information content (AvgIpc) is 3.12. The second kappa shape index (κ2) is 5.90. The van der Waals surface area contributed by atoms with E-state index < -0.39 is 0 Å². The van der Waals surface area contributed by atoms with Crippen LogP contribution in [0.5, 0.6) is 0 Å². The number of anilines is 2. The molecule has 108 valence electrons. The van der Waals surface area contributed by atoms with E-state index in [-0.39, 0.29) is 0 Å². The standard InChI is InChI=1S/C13H19N5OS/c1-2-9-5-10-11(15-6-8-3-4-19-7-8)16-13(18-14)17-12(10)20-9/h5,8H,2-4,6-7,14H2,1H3,(H2,15,16,17,18). The lowest BCUT2D eigenvalue weighted by Gasteiger charge is -2.11. The topological polar surface area (TPSA) is 85.1 Å². The maximum Gasteiger partial charge on any atom is 0.240 e. The Morgan fingerprint density at radius 1 is 1.50 bits per heavy atom. The normalized spacial score (nSPS) is 18.6. The number of aromatic nitrogens is 2. The summed E-state index contributed by atoms with van der Waals surface area (Å²) in [5, 5.41) is 4.50. The van der Waals surface area contributed by atoms with Crippen LogP contribution in [0.2, 0.25) is 0 Å². The first-order valence-electron chi connectivity index (χ1n) is 6.89. The van der Waals surface area contributed by atoms with Crippen LogP contribution < -0.4 is 16.6 Å². The number of thiophene rings is 1. The molecule has 1 unspecified atom stereocenters. The third kappa shape index (κ3) is 2.70. The van der Waals surface area contributed by atoms with Crippen molar-refractivity contribution in [2.24, 2.45) is 11.8 Å². The van der Waals surface area contributed by atoms with Crippen molar-refractivity contribution in [3.8, 4) is 0 Å². The van der Waals surface area contributed by atoms with Crippen LogP contribution in [0, 0.1) is 5.92 Å². The van der Waals surface area contributed by atoms with Crippen molar-refractivity contribution >= 4 is 33.3 Å². The van der Waals surface area contributed by atoms with Crippen molar-refractivity contribution in [2.75, 3.05) is 30.5 Å². The lowest BCUT2D eigenvalue weighted by molar-refractivity contribution is 0.187. The first-order chi connectivity index (χ1) is 9.80. The number of hydrazine groups is 1. The molecule has 2 aromatic heterocycles. The van der Waals surface area contributed by atoms with Gasteiger partial charge < -0.3 is 10.1 Å². The van der Waals surface area contributed by atoms with Crippen LogP contribution >= 0.6 is 11.3 Å². The molecule has 2 aromatic rings. The largest absolute Gasteiger partial charge is 0.381 e. The highest BCUT2D eigenvalue weighted by atomic mass is 32.1. The smallest absolute Gasteiger partial charge is 0.240 e. The Balaban J connectivity index is 1.87. The number of hydrogen-bond acceptors (Lipinski definition) is 7. The highest BCUT2D eigenvalue weighted by molar-refractivity contribution is 7.18. The fourth-order valence-electron chi connectivity index (χ4n) is 2.33. The number of nitrogens with zero attached hydrogens (tertiary/aromatic N) is 2. The van der Waals surface area contributed by atoms with Gasteiger partial charge in [0.1, 0.15) is 10.6 Å². The van der Waals surface area contributed by atoms with Crippen LogP contribution in [0.15, 0.2) is 6.07 Å². The molecule has 20 heavy (non-hydrogen) atoms. The van der Waals surface area contributed by atoms with E-state index in [1.807, 2.05) is 0 Å². The Kier molecular flexibility index (Phi) is 4.00. The van der Waals surface area contributed by atoms with Crippen LogP contribution in [0.4, 0.5) is 11.8 Å². The first-order valence-corrected chi connectivity index (χ1v) is 7.70. The van der Waals surface area contributed by atoms with Gasteiger partial charge in [-0.3, -0.25) is 5.43 Å². The fraction of sp³-hybridized carbons (Fsp3) is 0.538. The lowest BCUT2D eigenvalue weighted by atomic mass is 10.1. The minimum atomic E-state index is 0.451. The average molecular weight is 293 g/mol. The molecule has 1 aliphatic rings. The summed E-state index contributed by atoms with van der Waals surface area (Å²) in [4.78, 5) is 11.1. The summed E-state index contributed by atoms with van der Waals surface area (Å²) < 4.78 is 5.40. The molecule has 0 spiro atoms. The van der Waals surface area contributed by atoms with Gasteiger partial charge in [0.05, 0.1) is 12.0 Å². The molecule has 0 aliphatic carbocycles. The van der Waals surface area contributed by atoms with E-state index in [2.05, 4.69) is 33.7 Å². The monoisotopic (exact) mass is 293 g/mol. The maximum atomic E-state index is 5.45. The highest BCUT2D eigenvalue weighted by Gasteiger charge is 2.17. The van der Waals surface area contributed by atoms with Gasteiger partial charge in [-0.2, -0.15) is 4.98 Å². The number of rotatable bonds is 5. The number of ether oxygens (including phenoxy) is 1. The Labute approximate surface area is 121 Å². The van der Waals surface area contributed by atoms with Crippen molar-refractivity contribution in [2.45, 2.75) is 19.8 Å². The Hall–Kier alpha value is -1.44. The molecule has 1 fully saturated rings. The molecule has 3 rings (SSSR count). The summed E-state index contributed by atoms with van der Waals surface area (Å²) in [5.41, 5.74) is 2.53. The van der Waals surface area contributed by atoms with E-state index in [0.717, 1.165) is 48.6 Å². The zero-order valence-corrected chi connectivity index (χ0v) is 12.3. The molecule has 0 radical (unpaired) electrons. The summed E-state index contributed by atoms with van der Waals surface area (Å²) in [6.07, 6.45) is 2.11. The van der Waals surface area contributed by atoms with Crippen LogP contribution in [-0.4, -0.2) is 29.7 Å². The summed E-state index contributed by atoms with van der Waals surface area (Å²) in [5.74, 6) is 7.31. The molecule has 0 saturated carbocycles. The zero-order valence-electron chi connectivity index (χ0n) is 11.5. The second-order valence-corrected chi connectivity index (χ2v) is 6.05. The van der Waals surface area contributed by atoms with Gasteiger partial charge in [0.15, 0.2) is 0 Å². The van der Waals surface area contributed by atoms with E-state index in [0.29, 0.717) is 11.9 Å². The molecule has 1 saturated heterocycles. The Morgan fingerprint density at radius 2 is 2.40 bits per heavy atom. The molecule has 7 heteroatoms. The van der Waals surface area contributed by atoms with Crippen molar-refractivity contribution in [3.63, 3.8) is 0 Å². The van der Waals surface area contributed by atoms with Gasteiger partial charge in [-0.15, -0.1) is 11.3 Å². The number of nitrogens with two attached hydrogens (primary N) is 1. The highest BCUT2D eigenvalue weighted by Crippen LogP contribution is 2.30. The van der Waals surface area contributed by atoms with Gasteiger partial charge in [0.2, 0.25) is 5.95 Å². The summed E-state index contributed by atoms with van der Waals surface area (Å²) in [7, 11) is 0. The van der Waals surface area contributed by atoms with Crippen molar-refractivity contribution in [1.29, 1.82) is 0 Å². The van der Waals surface area contributed by atoms with E-state index in [1.54, 1.807) is 11.3 Å². The van der Waals surface area contributed by atoms with Gasteiger partial charge in [0.25, 0.3) is 0 Å². The molecular formula is C13H19N5OS. The number of nitrogen functional groups attached to an aromatic ring is 1. The van der Waals surface area contributed by atoms with Crippen molar-refractivity contribution in [1.82, 2.24) is 9.97 Å². The predicted octanol–water partition coefficient (Wildman–Crippen LogP) is 1.99. The summed E-state index contributed by atoms with van der Waals surface area (Å²) >= 11 is 1.69. The molecule has 1 aliphatic heterocycles. The molecule has 1 atom stereocenters. The minimum absolute atomic E-state index is 0.451. The van der Waals surface area contributed by atoms with E-state index >= 15 is 0 Å². The van der Waals surface area contributed by atoms with Gasteiger partial charge in [-0.1, -0.05) is 6.92 Å². The van der Waals surface area contributed by atoms with E-state index in [9.17, 15) is 0 Å². The number of hydrogen-bond donors (Lipinski definition) is 3. The number of fused-ring (bicyclic) bond motifs is 1. The first kappa shape index (κ1) is 13.5. The van der Waals surface area contributed by atoms with Crippen LogP contribution in [-0.2, 0) is 11.2 Å². The number of nitrogens with one attached hydrogen (secondary N) is 2. The fourth-order valence-corrected chi connectivity index (χ4v) is 3.30. The van der Waals surface area contributed by atoms with Gasteiger partial charge >= 0.3 is 0 Å². The lowest BCUT2D eigenvalue weighted by Crippen LogP contribution is -2.16. The van der Waals surface area contributed by atoms with Crippen LogP contribution in [0.1, 0.15) is 18.2 Å². The minimum Gasteiger partial charge on any atom is -0.381 e. The van der Waals surface area contributed by atoms with Gasteiger partial charge in [0, 0.05) is 23.9 Å². The second-order valence-electron chi connectivity index (χ2n) is 4.94. The maximum absolute atomic E-state index is 5.45. The molecule has 0 amide bonds. The SMILES string of the molecule is CCc1cc2c(NCC3CCOC3)nc(NN)nc2s1. The summed E-state index contributed by atoms with van der Waals surface area (Å²) in [6, 6.07) is 2.16. The van der Waals surface area contributed by atoms with Crippen LogP contribution in [0.3, 0.4) is 0 Å². The van der Waals surface area contributed by atoms with Crippen molar-refractivity contribution < 1.29 is 4.74 Å². The zero-order chi connectivity index (χ0) is 13.9. The van der Waals surface area contributed by atoms with Gasteiger partial charge in [-0.05, 0) is 18.9 Å². The molecule has 0 aromatic carbocycles. The van der Waals surface area contributed by atoms with Crippen molar-refractivity contribution in [3.05, 3.63) is 10.9 Å². The summed E-state index contributed by atoms with van der Waals surface area (Å²) in [6.45, 7) is 4.70. The molecule has 4 N–H and O–H groups in total. The van der Waals surface area contributed by atoms with E-state index in [4.69, 9.17) is 10.6 Å². The van der Waals surface area contributed by atoms with Crippen LogP contribution in [0.25, 0.3) is 10.2 Å². The predicted molar refractivity (Wildman–Crippen MR) is 82.0 cm³/mol. The molecule has 6 nitrogen and oxygen atoms in total. The Bertz CT molecular complexity index is 594. The number of aryl methyl sites for hydroxylation is 1. The molecule has 0 bridgehead atoms. The molecule has 3 heterocycles. The quantitative estimate of drug-likeness (QED) is 0.577. The van der Waals surface area contributed by atoms with Gasteiger partial charge in [-0.25, -0.2) is 10.8 Å².